The summed E-state index contributed by atoms with van der Waals surface area (Å²) in [6.45, 7) is 6.05. The molecule has 2 heterocycles. The van der Waals surface area contributed by atoms with Crippen molar-refractivity contribution in [2.45, 2.75) is 32.7 Å². The van der Waals surface area contributed by atoms with Gasteiger partial charge in [-0.15, -0.1) is 11.3 Å². The van der Waals surface area contributed by atoms with Crippen molar-refractivity contribution in [2.75, 3.05) is 13.2 Å². The van der Waals surface area contributed by atoms with Crippen LogP contribution < -0.4 is 10.1 Å². The SMILES string of the molecule is CCCNC(c1ccc2c(c1)CCO2)c1csc(C)n1. The highest BCUT2D eigenvalue weighted by Gasteiger charge is 2.19. The molecule has 1 atom stereocenters. The van der Waals surface area contributed by atoms with Crippen LogP contribution in [0.5, 0.6) is 5.75 Å². The van der Waals surface area contributed by atoms with Gasteiger partial charge in [-0.3, -0.25) is 0 Å². The summed E-state index contributed by atoms with van der Waals surface area (Å²) in [5, 5.41) is 6.89. The van der Waals surface area contributed by atoms with Crippen LogP contribution in [0.4, 0.5) is 0 Å². The van der Waals surface area contributed by atoms with Gasteiger partial charge in [-0.25, -0.2) is 4.98 Å². The minimum Gasteiger partial charge on any atom is -0.493 e. The third kappa shape index (κ3) is 2.72. The van der Waals surface area contributed by atoms with Crippen molar-refractivity contribution in [1.82, 2.24) is 10.3 Å². The first-order valence-corrected chi connectivity index (χ1v) is 8.07. The molecule has 1 aliphatic rings. The summed E-state index contributed by atoms with van der Waals surface area (Å²) in [5.74, 6) is 1.04. The highest BCUT2D eigenvalue weighted by atomic mass is 32.1. The van der Waals surface area contributed by atoms with Crippen LogP contribution >= 0.6 is 11.3 Å². The molecule has 1 aromatic carbocycles. The average Bonchev–Trinajstić information content (AvgIpc) is 3.07. The highest BCUT2D eigenvalue weighted by Crippen LogP contribution is 2.31. The lowest BCUT2D eigenvalue weighted by atomic mass is 10.0. The van der Waals surface area contributed by atoms with Gasteiger partial charge in [-0.1, -0.05) is 19.1 Å². The van der Waals surface area contributed by atoms with Gasteiger partial charge >= 0.3 is 0 Å². The van der Waals surface area contributed by atoms with Gasteiger partial charge in [0.1, 0.15) is 5.75 Å². The molecule has 3 nitrogen and oxygen atoms in total. The number of aromatic nitrogens is 1. The van der Waals surface area contributed by atoms with Crippen molar-refractivity contribution in [3.63, 3.8) is 0 Å². The number of aryl methyl sites for hydroxylation is 1. The number of hydrogen-bond acceptors (Lipinski definition) is 4. The smallest absolute Gasteiger partial charge is 0.122 e. The first-order valence-electron chi connectivity index (χ1n) is 7.19. The van der Waals surface area contributed by atoms with Crippen LogP contribution in [-0.2, 0) is 6.42 Å². The molecule has 0 saturated heterocycles. The van der Waals surface area contributed by atoms with Crippen LogP contribution in [-0.4, -0.2) is 18.1 Å². The van der Waals surface area contributed by atoms with Gasteiger partial charge in [0.05, 0.1) is 23.4 Å². The third-order valence-corrected chi connectivity index (χ3v) is 4.37. The number of benzene rings is 1. The van der Waals surface area contributed by atoms with Crippen LogP contribution in [0.25, 0.3) is 0 Å². The Balaban J connectivity index is 1.92. The number of rotatable bonds is 5. The van der Waals surface area contributed by atoms with E-state index >= 15 is 0 Å². The average molecular weight is 288 g/mol. The van der Waals surface area contributed by atoms with E-state index in [1.54, 1.807) is 11.3 Å². The normalized spacial score (nSPS) is 14.9. The number of thiazole rings is 1. The Morgan fingerprint density at radius 3 is 3.10 bits per heavy atom. The van der Waals surface area contributed by atoms with E-state index in [0.717, 1.165) is 42.4 Å². The van der Waals surface area contributed by atoms with Crippen LogP contribution in [0.15, 0.2) is 23.6 Å². The Hall–Kier alpha value is -1.39. The zero-order valence-electron chi connectivity index (χ0n) is 12.0. The largest absolute Gasteiger partial charge is 0.493 e. The fourth-order valence-corrected chi connectivity index (χ4v) is 3.22. The fraction of sp³-hybridized carbons (Fsp3) is 0.438. The molecule has 0 fully saturated rings. The van der Waals surface area contributed by atoms with Crippen LogP contribution in [0.1, 0.15) is 41.2 Å². The molecule has 106 valence electrons. The quantitative estimate of drug-likeness (QED) is 0.914. The Bertz CT molecular complexity index is 594. The Morgan fingerprint density at radius 2 is 2.35 bits per heavy atom. The van der Waals surface area contributed by atoms with Crippen molar-refractivity contribution in [1.29, 1.82) is 0 Å². The number of nitrogens with zero attached hydrogens (tertiary/aromatic N) is 1. The standard InChI is InChI=1S/C16H20N2OS/c1-3-7-17-16(14-10-20-11(2)18-14)13-4-5-15-12(9-13)6-8-19-15/h4-5,9-10,16-17H,3,6-8H2,1-2H3. The molecule has 20 heavy (non-hydrogen) atoms. The third-order valence-electron chi connectivity index (χ3n) is 3.58. The summed E-state index contributed by atoms with van der Waals surface area (Å²) in [5.41, 5.74) is 3.73. The minimum atomic E-state index is 0.186. The topological polar surface area (TPSA) is 34.1 Å². The first kappa shape index (κ1) is 13.6. The summed E-state index contributed by atoms with van der Waals surface area (Å²) in [6, 6.07) is 6.71. The van der Waals surface area contributed by atoms with Crippen molar-refractivity contribution < 1.29 is 4.74 Å². The fourth-order valence-electron chi connectivity index (χ4n) is 2.58. The molecular formula is C16H20N2OS. The van der Waals surface area contributed by atoms with Gasteiger partial charge in [-0.2, -0.15) is 0 Å². The van der Waals surface area contributed by atoms with Gasteiger partial charge in [-0.05, 0) is 37.1 Å². The van der Waals surface area contributed by atoms with Crippen molar-refractivity contribution >= 4 is 11.3 Å². The second kappa shape index (κ2) is 5.94. The molecule has 1 N–H and O–H groups in total. The zero-order valence-corrected chi connectivity index (χ0v) is 12.8. The molecule has 0 bridgehead atoms. The molecule has 4 heteroatoms. The maximum atomic E-state index is 5.59. The number of fused-ring (bicyclic) bond motifs is 1. The predicted molar refractivity (Wildman–Crippen MR) is 82.6 cm³/mol. The van der Waals surface area contributed by atoms with E-state index in [1.165, 1.54) is 11.1 Å². The van der Waals surface area contributed by atoms with Gasteiger partial charge in [0.25, 0.3) is 0 Å². The molecule has 0 amide bonds. The second-order valence-corrected chi connectivity index (χ2v) is 6.21. The van der Waals surface area contributed by atoms with Crippen LogP contribution in [0, 0.1) is 6.92 Å². The van der Waals surface area contributed by atoms with Crippen LogP contribution in [0.2, 0.25) is 0 Å². The summed E-state index contributed by atoms with van der Waals surface area (Å²) in [4.78, 5) is 4.66. The Labute approximate surface area is 124 Å². The van der Waals surface area contributed by atoms with Gasteiger partial charge in [0.15, 0.2) is 0 Å². The molecule has 1 aliphatic heterocycles. The number of hydrogen-bond donors (Lipinski definition) is 1. The second-order valence-electron chi connectivity index (χ2n) is 5.14. The minimum absolute atomic E-state index is 0.186. The van der Waals surface area contributed by atoms with Gasteiger partial charge < -0.3 is 10.1 Å². The molecule has 3 rings (SSSR count). The van der Waals surface area contributed by atoms with E-state index in [2.05, 4.69) is 47.7 Å². The van der Waals surface area contributed by atoms with Crippen molar-refractivity contribution in [3.05, 3.63) is 45.4 Å². The number of ether oxygens (including phenoxy) is 1. The molecule has 2 aromatic rings. The number of nitrogens with one attached hydrogen (secondary N) is 1. The summed E-state index contributed by atoms with van der Waals surface area (Å²) < 4.78 is 5.59. The molecular weight excluding hydrogens is 268 g/mol. The molecule has 0 radical (unpaired) electrons. The molecule has 0 saturated carbocycles. The Morgan fingerprint density at radius 1 is 1.45 bits per heavy atom. The predicted octanol–water partition coefficient (Wildman–Crippen LogP) is 3.48. The monoisotopic (exact) mass is 288 g/mol. The van der Waals surface area contributed by atoms with Crippen molar-refractivity contribution in [3.8, 4) is 5.75 Å². The van der Waals surface area contributed by atoms with Crippen LogP contribution in [0.3, 0.4) is 0 Å². The molecule has 0 spiro atoms. The Kier molecular flexibility index (Phi) is 4.03. The lowest BCUT2D eigenvalue weighted by Gasteiger charge is -2.18. The van der Waals surface area contributed by atoms with Gasteiger partial charge in [0, 0.05) is 11.8 Å². The van der Waals surface area contributed by atoms with E-state index in [-0.39, 0.29) is 6.04 Å². The van der Waals surface area contributed by atoms with Gasteiger partial charge in [0.2, 0.25) is 0 Å². The van der Waals surface area contributed by atoms with E-state index in [0.29, 0.717) is 0 Å². The maximum Gasteiger partial charge on any atom is 0.122 e. The maximum absolute atomic E-state index is 5.59. The van der Waals surface area contributed by atoms with E-state index in [4.69, 9.17) is 4.74 Å². The van der Waals surface area contributed by atoms with E-state index < -0.39 is 0 Å². The lowest BCUT2D eigenvalue weighted by molar-refractivity contribution is 0.357. The summed E-state index contributed by atoms with van der Waals surface area (Å²) in [6.07, 6.45) is 2.13. The zero-order chi connectivity index (χ0) is 13.9. The summed E-state index contributed by atoms with van der Waals surface area (Å²) in [7, 11) is 0. The molecule has 1 aromatic heterocycles. The molecule has 1 unspecified atom stereocenters. The van der Waals surface area contributed by atoms with Crippen molar-refractivity contribution in [2.24, 2.45) is 0 Å². The highest BCUT2D eigenvalue weighted by molar-refractivity contribution is 7.09. The summed E-state index contributed by atoms with van der Waals surface area (Å²) >= 11 is 1.71. The molecule has 0 aliphatic carbocycles. The lowest BCUT2D eigenvalue weighted by Crippen LogP contribution is -2.23. The van der Waals surface area contributed by atoms with E-state index in [9.17, 15) is 0 Å². The van der Waals surface area contributed by atoms with E-state index in [1.807, 2.05) is 0 Å². The first-order chi connectivity index (χ1) is 9.78.